The van der Waals surface area contributed by atoms with E-state index in [0.717, 1.165) is 4.90 Å². The lowest BCUT2D eigenvalue weighted by Crippen LogP contribution is -2.51. The number of para-hydroxylation sites is 1. The molecule has 2 aromatic carbocycles. The summed E-state index contributed by atoms with van der Waals surface area (Å²) in [6.45, 7) is -0.897. The summed E-state index contributed by atoms with van der Waals surface area (Å²) in [5, 5.41) is 4.43. The van der Waals surface area contributed by atoms with Crippen molar-refractivity contribution in [1.29, 1.82) is 0 Å². The highest BCUT2D eigenvalue weighted by atomic mass is 79.9. The number of nitrogens with zero attached hydrogens (tertiary/aromatic N) is 4. The van der Waals surface area contributed by atoms with Crippen LogP contribution in [0.15, 0.2) is 53.0 Å². The Morgan fingerprint density at radius 1 is 1.24 bits per heavy atom. The molecule has 34 heavy (non-hydrogen) atoms. The van der Waals surface area contributed by atoms with Gasteiger partial charge in [-0.25, -0.2) is 4.39 Å². The second kappa shape index (κ2) is 9.47. The molecule has 4 rings (SSSR count). The van der Waals surface area contributed by atoms with Gasteiger partial charge in [0.25, 0.3) is 11.8 Å². The molecule has 12 heteroatoms. The number of ether oxygens (including phenoxy) is 1. The van der Waals surface area contributed by atoms with E-state index in [2.05, 4.69) is 21.0 Å². The first kappa shape index (κ1) is 23.8. The summed E-state index contributed by atoms with van der Waals surface area (Å²) < 4.78 is 36.7. The van der Waals surface area contributed by atoms with Crippen LogP contribution in [0.3, 0.4) is 0 Å². The van der Waals surface area contributed by atoms with Crippen LogP contribution >= 0.6 is 15.9 Å². The van der Waals surface area contributed by atoms with Crippen molar-refractivity contribution in [2.75, 3.05) is 18.8 Å². The molecule has 0 spiro atoms. The number of carbonyl (C=O) groups is 3. The average Bonchev–Trinajstić information content (AvgIpc) is 3.35. The number of primary amides is 1. The third kappa shape index (κ3) is 4.26. The smallest absolute Gasteiger partial charge is 0.280 e. The number of rotatable bonds is 6. The molecule has 1 aromatic heterocycles. The fraction of sp³-hybridized carbons (Fsp3) is 0.273. The topological polar surface area (TPSA) is 111 Å². The van der Waals surface area contributed by atoms with E-state index in [9.17, 15) is 18.8 Å². The molecule has 0 unspecified atom stereocenters. The first-order chi connectivity index (χ1) is 16.2. The Kier molecular flexibility index (Phi) is 6.62. The zero-order valence-corrected chi connectivity index (χ0v) is 19.5. The maximum Gasteiger partial charge on any atom is 0.280 e. The van der Waals surface area contributed by atoms with E-state index in [1.54, 1.807) is 30.3 Å². The lowest BCUT2D eigenvalue weighted by atomic mass is 10.1. The molecule has 178 valence electrons. The van der Waals surface area contributed by atoms with Crippen LogP contribution in [0.25, 0.3) is 10.9 Å². The number of likely N-dealkylation sites (tertiary alicyclic amines) is 1. The fourth-order valence-corrected chi connectivity index (χ4v) is 4.47. The molecule has 3 atom stereocenters. The molecule has 1 aliphatic rings. The van der Waals surface area contributed by atoms with Crippen molar-refractivity contribution in [3.05, 3.63) is 58.7 Å². The van der Waals surface area contributed by atoms with Crippen LogP contribution in [0, 0.1) is 0 Å². The highest BCUT2D eigenvalue weighted by Crippen LogP contribution is 2.29. The van der Waals surface area contributed by atoms with Crippen molar-refractivity contribution in [3.8, 4) is 0 Å². The Balaban J connectivity index is 1.64. The Morgan fingerprint density at radius 3 is 2.65 bits per heavy atom. The Labute approximate surface area is 201 Å². The van der Waals surface area contributed by atoms with Gasteiger partial charge in [0.05, 0.1) is 17.7 Å². The molecule has 0 bridgehead atoms. The highest BCUT2D eigenvalue weighted by Gasteiger charge is 2.50. The van der Waals surface area contributed by atoms with Gasteiger partial charge in [-0.3, -0.25) is 19.1 Å². The zero-order valence-electron chi connectivity index (χ0n) is 17.9. The van der Waals surface area contributed by atoms with Crippen LogP contribution in [0.5, 0.6) is 0 Å². The summed E-state index contributed by atoms with van der Waals surface area (Å²) in [6.07, 6.45) is -3.08. The third-order valence-electron chi connectivity index (χ3n) is 5.62. The SMILES string of the molecule is CO[C@H]1[C@@H](C(=O)N(F)c2cccc(Br)c2)N(C(=O)Cn2nc(C(N)=O)c3ccccc32)C[C@@H]1F. The van der Waals surface area contributed by atoms with Crippen molar-refractivity contribution in [3.63, 3.8) is 0 Å². The van der Waals surface area contributed by atoms with Crippen molar-refractivity contribution in [2.24, 2.45) is 5.73 Å². The van der Waals surface area contributed by atoms with E-state index >= 15 is 4.48 Å². The Bertz CT molecular complexity index is 1270. The van der Waals surface area contributed by atoms with E-state index in [1.807, 2.05) is 0 Å². The normalized spacial score (nSPS) is 20.0. The zero-order chi connectivity index (χ0) is 24.6. The number of methoxy groups -OCH3 is 1. The molecule has 0 radical (unpaired) electrons. The second-order valence-electron chi connectivity index (χ2n) is 7.69. The van der Waals surface area contributed by atoms with Crippen molar-refractivity contribution in [2.45, 2.75) is 24.9 Å². The van der Waals surface area contributed by atoms with Gasteiger partial charge in [0.15, 0.2) is 5.69 Å². The molecule has 1 aliphatic heterocycles. The van der Waals surface area contributed by atoms with E-state index in [-0.39, 0.29) is 16.5 Å². The molecule has 0 saturated carbocycles. The molecule has 3 amide bonds. The number of amides is 3. The number of anilines is 1. The molecular weight excluding hydrogens is 516 g/mol. The van der Waals surface area contributed by atoms with Crippen molar-refractivity contribution < 1.29 is 28.0 Å². The van der Waals surface area contributed by atoms with Crippen LogP contribution in [0.4, 0.5) is 14.6 Å². The summed E-state index contributed by atoms with van der Waals surface area (Å²) >= 11 is 3.21. The number of halogens is 3. The summed E-state index contributed by atoms with van der Waals surface area (Å²) in [7, 11) is 1.19. The highest BCUT2D eigenvalue weighted by molar-refractivity contribution is 9.10. The van der Waals surface area contributed by atoms with Crippen LogP contribution in [-0.4, -0.2) is 64.4 Å². The fourth-order valence-electron chi connectivity index (χ4n) is 4.08. The number of alkyl halides is 1. The van der Waals surface area contributed by atoms with Crippen LogP contribution in [-0.2, 0) is 20.9 Å². The quantitative estimate of drug-likeness (QED) is 0.487. The number of carbonyl (C=O) groups excluding carboxylic acids is 3. The molecule has 3 aromatic rings. The number of benzene rings is 2. The number of nitrogens with two attached hydrogens (primary N) is 1. The minimum atomic E-state index is -1.71. The number of fused-ring (bicyclic) bond motifs is 1. The van der Waals surface area contributed by atoms with E-state index in [0.29, 0.717) is 15.4 Å². The van der Waals surface area contributed by atoms with Crippen LogP contribution < -0.4 is 10.9 Å². The van der Waals surface area contributed by atoms with Gasteiger partial charge in [-0.2, -0.15) is 5.10 Å². The predicted octanol–water partition coefficient (Wildman–Crippen LogP) is 2.38. The summed E-state index contributed by atoms with van der Waals surface area (Å²) in [6, 6.07) is 11.0. The first-order valence-electron chi connectivity index (χ1n) is 10.2. The monoisotopic (exact) mass is 535 g/mol. The second-order valence-corrected chi connectivity index (χ2v) is 8.61. The van der Waals surface area contributed by atoms with E-state index < -0.39 is 49.1 Å². The summed E-state index contributed by atoms with van der Waals surface area (Å²) in [5.41, 5.74) is 5.72. The molecule has 9 nitrogen and oxygen atoms in total. The predicted molar refractivity (Wildman–Crippen MR) is 122 cm³/mol. The van der Waals surface area contributed by atoms with Gasteiger partial charge in [0.2, 0.25) is 5.91 Å². The van der Waals surface area contributed by atoms with E-state index in [1.165, 1.54) is 30.0 Å². The molecule has 2 heterocycles. The Hall–Kier alpha value is -3.38. The van der Waals surface area contributed by atoms with Gasteiger partial charge in [-0.05, 0) is 24.3 Å². The molecule has 0 aliphatic carbocycles. The van der Waals surface area contributed by atoms with Crippen LogP contribution in [0.1, 0.15) is 10.5 Å². The van der Waals surface area contributed by atoms with Gasteiger partial charge < -0.3 is 15.4 Å². The molecule has 1 saturated heterocycles. The van der Waals surface area contributed by atoms with Gasteiger partial charge in [-0.1, -0.05) is 44.7 Å². The molecule has 2 N–H and O–H groups in total. The standard InChI is InChI=1S/C22H20BrF2N5O4/c1-34-20-15(24)10-28(19(20)22(33)30(25)13-6-4-5-12(23)9-13)17(31)11-29-16-8-3-2-7-14(16)18(27-29)21(26)32/h2-9,15,19-20H,10-11H2,1H3,(H2,26,32)/t15-,19-,20+/m0/s1. The summed E-state index contributed by atoms with van der Waals surface area (Å²) in [4.78, 5) is 39.0. The Morgan fingerprint density at radius 2 is 1.97 bits per heavy atom. The first-order valence-corrected chi connectivity index (χ1v) is 11.0. The molecule has 1 fully saturated rings. The maximum atomic E-state index is 15.0. The van der Waals surface area contributed by atoms with Crippen LogP contribution in [0.2, 0.25) is 0 Å². The number of hydrogen-bond donors (Lipinski definition) is 1. The van der Waals surface area contributed by atoms with Crippen molar-refractivity contribution in [1.82, 2.24) is 14.7 Å². The minimum Gasteiger partial charge on any atom is -0.376 e. The maximum absolute atomic E-state index is 15.0. The third-order valence-corrected chi connectivity index (χ3v) is 6.12. The van der Waals surface area contributed by atoms with Gasteiger partial charge >= 0.3 is 0 Å². The molecular formula is C22H20BrF2N5O4. The lowest BCUT2D eigenvalue weighted by Gasteiger charge is -2.28. The minimum absolute atomic E-state index is 0.0276. The van der Waals surface area contributed by atoms with E-state index in [4.69, 9.17) is 10.5 Å². The van der Waals surface area contributed by atoms with Gasteiger partial charge in [-0.15, -0.1) is 5.12 Å². The van der Waals surface area contributed by atoms with Gasteiger partial charge in [0, 0.05) is 17.0 Å². The van der Waals surface area contributed by atoms with Crippen molar-refractivity contribution >= 4 is 50.2 Å². The summed E-state index contributed by atoms with van der Waals surface area (Å²) in [5.74, 6) is -2.63. The number of hydrogen-bond acceptors (Lipinski definition) is 5. The average molecular weight is 536 g/mol. The number of aromatic nitrogens is 2. The van der Waals surface area contributed by atoms with Gasteiger partial charge in [0.1, 0.15) is 24.9 Å². The largest absolute Gasteiger partial charge is 0.376 e. The lowest BCUT2D eigenvalue weighted by molar-refractivity contribution is -0.141.